The van der Waals surface area contributed by atoms with Crippen molar-refractivity contribution < 1.29 is 18.0 Å². The molecule has 2 amide bonds. The minimum Gasteiger partial charge on any atom is -0.308 e. The molecule has 0 saturated carbocycles. The fourth-order valence-electron chi connectivity index (χ4n) is 3.61. The Morgan fingerprint density at radius 2 is 1.61 bits per heavy atom. The molecule has 31 heavy (non-hydrogen) atoms. The molecule has 3 rings (SSSR count). The number of thiol groups is 1. The van der Waals surface area contributed by atoms with Crippen LogP contribution in [0.2, 0.25) is 0 Å². The molecule has 1 aliphatic heterocycles. The largest absolute Gasteiger partial charge is 0.416 e. The molecule has 2 N–H and O–H groups in total. The highest BCUT2D eigenvalue weighted by molar-refractivity contribution is 8.27. The summed E-state index contributed by atoms with van der Waals surface area (Å²) in [5, 5.41) is 5.42. The van der Waals surface area contributed by atoms with E-state index in [2.05, 4.69) is 41.7 Å². The van der Waals surface area contributed by atoms with Crippen molar-refractivity contribution in [1.82, 2.24) is 0 Å². The van der Waals surface area contributed by atoms with Gasteiger partial charge in [-0.15, -0.1) is 23.5 Å². The van der Waals surface area contributed by atoms with Crippen LogP contribution in [0.5, 0.6) is 0 Å². The lowest BCUT2D eigenvalue weighted by Crippen LogP contribution is -2.29. The van der Waals surface area contributed by atoms with Crippen LogP contribution in [0.4, 0.5) is 29.3 Å². The predicted molar refractivity (Wildman–Crippen MR) is 134 cm³/mol. The molecule has 0 aromatic heterocycles. The quantitative estimate of drug-likeness (QED) is 0.294. The molecule has 0 radical (unpaired) electrons. The standard InChI is InChI=1S/C21H25F3N2OS4/c1-28-18-12-20(29-2,30-3)16-11-15(9-10-17(16)31(18)4)26-19(27)25-14-7-5-13(6-8-14)21(22,23)24/h5-11,18,31H,12H2,1-4H3,(H2,25,26,27). The van der Waals surface area contributed by atoms with Gasteiger partial charge in [-0.05, 0) is 84.4 Å². The first-order chi connectivity index (χ1) is 14.6. The molecule has 1 heterocycles. The number of thioether (sulfide) groups is 3. The van der Waals surface area contributed by atoms with E-state index in [4.69, 9.17) is 0 Å². The van der Waals surface area contributed by atoms with E-state index in [0.717, 1.165) is 18.6 Å². The molecular formula is C21H25F3N2OS4. The smallest absolute Gasteiger partial charge is 0.308 e. The minimum atomic E-state index is -4.40. The second-order valence-electron chi connectivity index (χ2n) is 7.05. The normalized spacial score (nSPS) is 21.3. The summed E-state index contributed by atoms with van der Waals surface area (Å²) in [6.07, 6.45) is 5.38. The third-order valence-corrected chi connectivity index (χ3v) is 12.9. The number of benzene rings is 2. The van der Waals surface area contributed by atoms with Crippen LogP contribution in [0.25, 0.3) is 0 Å². The first kappa shape index (κ1) is 24.5. The molecule has 2 unspecified atom stereocenters. The Balaban J connectivity index is 1.79. The summed E-state index contributed by atoms with van der Waals surface area (Å²) in [6.45, 7) is 0. The van der Waals surface area contributed by atoms with Gasteiger partial charge in [0.25, 0.3) is 0 Å². The van der Waals surface area contributed by atoms with Gasteiger partial charge in [0.15, 0.2) is 0 Å². The molecule has 2 aromatic carbocycles. The maximum atomic E-state index is 12.7. The highest BCUT2D eigenvalue weighted by Crippen LogP contribution is 2.62. The zero-order chi connectivity index (χ0) is 22.8. The molecule has 2 aromatic rings. The number of alkyl halides is 3. The summed E-state index contributed by atoms with van der Waals surface area (Å²) in [5.74, 6) is 0. The summed E-state index contributed by atoms with van der Waals surface area (Å²) < 4.78 is 38.6. The van der Waals surface area contributed by atoms with E-state index in [0.29, 0.717) is 16.0 Å². The Labute approximate surface area is 196 Å². The molecular weight excluding hydrogens is 482 g/mol. The summed E-state index contributed by atoms with van der Waals surface area (Å²) in [6, 6.07) is 9.95. The van der Waals surface area contributed by atoms with Crippen molar-refractivity contribution in [2.75, 3.05) is 35.7 Å². The number of carbonyl (C=O) groups excluding carboxylic acids is 1. The number of nitrogens with one attached hydrogen (secondary N) is 2. The van der Waals surface area contributed by atoms with Gasteiger partial charge in [-0.25, -0.2) is 15.7 Å². The van der Waals surface area contributed by atoms with Crippen LogP contribution >= 0.6 is 46.2 Å². The number of amides is 2. The van der Waals surface area contributed by atoms with E-state index in [1.807, 2.05) is 47.4 Å². The van der Waals surface area contributed by atoms with Gasteiger partial charge in [0.05, 0.1) is 9.64 Å². The summed E-state index contributed by atoms with van der Waals surface area (Å²) in [4.78, 5) is 13.8. The molecule has 10 heteroatoms. The topological polar surface area (TPSA) is 41.1 Å². The first-order valence-electron chi connectivity index (χ1n) is 9.39. The summed E-state index contributed by atoms with van der Waals surface area (Å²) >= 11 is 5.58. The van der Waals surface area contributed by atoms with E-state index in [-0.39, 0.29) is 15.0 Å². The second-order valence-corrected chi connectivity index (χ2v) is 13.2. The van der Waals surface area contributed by atoms with Crippen LogP contribution in [0.15, 0.2) is 47.4 Å². The number of anilines is 2. The van der Waals surface area contributed by atoms with Crippen molar-refractivity contribution in [1.29, 1.82) is 0 Å². The zero-order valence-electron chi connectivity index (χ0n) is 17.5. The zero-order valence-corrected chi connectivity index (χ0v) is 20.9. The van der Waals surface area contributed by atoms with E-state index >= 15 is 0 Å². The van der Waals surface area contributed by atoms with Crippen molar-refractivity contribution in [3.63, 3.8) is 0 Å². The number of halogens is 3. The van der Waals surface area contributed by atoms with E-state index in [1.165, 1.54) is 22.6 Å². The van der Waals surface area contributed by atoms with Crippen LogP contribution in [-0.2, 0) is 10.3 Å². The first-order valence-corrected chi connectivity index (χ1v) is 15.0. The van der Waals surface area contributed by atoms with Gasteiger partial charge in [-0.2, -0.15) is 24.9 Å². The molecule has 0 bridgehead atoms. The van der Waals surface area contributed by atoms with Gasteiger partial charge < -0.3 is 10.6 Å². The molecule has 3 nitrogen and oxygen atoms in total. The monoisotopic (exact) mass is 506 g/mol. The van der Waals surface area contributed by atoms with E-state index < -0.39 is 17.8 Å². The number of fused-ring (bicyclic) bond motifs is 1. The van der Waals surface area contributed by atoms with Gasteiger partial charge in [0.2, 0.25) is 0 Å². The SMILES string of the molecule is CSC1CC(SC)(SC)c2cc(NC(=O)Nc3ccc(C(F)(F)F)cc3)ccc2[SH]1C. The lowest BCUT2D eigenvalue weighted by molar-refractivity contribution is -0.137. The lowest BCUT2D eigenvalue weighted by Gasteiger charge is -2.45. The number of rotatable bonds is 5. The Hall–Kier alpha value is -1.10. The van der Waals surface area contributed by atoms with Crippen molar-refractivity contribution in [2.45, 2.75) is 26.2 Å². The maximum absolute atomic E-state index is 12.7. The van der Waals surface area contributed by atoms with E-state index in [1.54, 1.807) is 0 Å². The van der Waals surface area contributed by atoms with Crippen molar-refractivity contribution in [2.24, 2.45) is 0 Å². The Morgan fingerprint density at radius 1 is 1.03 bits per heavy atom. The van der Waals surface area contributed by atoms with Gasteiger partial charge in [0, 0.05) is 16.0 Å². The van der Waals surface area contributed by atoms with Crippen molar-refractivity contribution >= 4 is 63.6 Å². The van der Waals surface area contributed by atoms with Crippen LogP contribution in [-0.4, -0.2) is 35.6 Å². The van der Waals surface area contributed by atoms with Gasteiger partial charge in [-0.3, -0.25) is 0 Å². The number of hydrogen-bond donors (Lipinski definition) is 3. The van der Waals surface area contributed by atoms with E-state index in [9.17, 15) is 18.0 Å². The number of urea groups is 1. The number of hydrogen-bond acceptors (Lipinski definition) is 4. The fourth-order valence-corrected chi connectivity index (χ4v) is 10.2. The molecule has 0 saturated heterocycles. The predicted octanol–water partition coefficient (Wildman–Crippen LogP) is 7.31. The van der Waals surface area contributed by atoms with Crippen molar-refractivity contribution in [3.8, 4) is 0 Å². The second kappa shape index (κ2) is 9.80. The number of carbonyl (C=O) groups is 1. The van der Waals surface area contributed by atoms with Gasteiger partial charge in [0.1, 0.15) is 0 Å². The average molecular weight is 507 g/mol. The minimum absolute atomic E-state index is 0.0700. The Kier molecular flexibility index (Phi) is 7.76. The van der Waals surface area contributed by atoms with Gasteiger partial charge >= 0.3 is 12.2 Å². The lowest BCUT2D eigenvalue weighted by atomic mass is 10.1. The third-order valence-electron chi connectivity index (χ3n) is 5.32. The molecule has 0 spiro atoms. The fraction of sp³-hybridized carbons (Fsp3) is 0.381. The Bertz CT molecular complexity index is 933. The average Bonchev–Trinajstić information content (AvgIpc) is 2.74. The summed E-state index contributed by atoms with van der Waals surface area (Å²) in [7, 11) is -0.310. The molecule has 2 atom stereocenters. The highest BCUT2D eigenvalue weighted by atomic mass is 32.2. The molecule has 0 fully saturated rings. The molecule has 170 valence electrons. The maximum Gasteiger partial charge on any atom is 0.416 e. The van der Waals surface area contributed by atoms with Crippen LogP contribution in [0.1, 0.15) is 17.5 Å². The molecule has 0 aliphatic carbocycles. The van der Waals surface area contributed by atoms with Crippen molar-refractivity contribution in [3.05, 3.63) is 53.6 Å². The third kappa shape index (κ3) is 5.29. The molecule has 1 aliphatic rings. The Morgan fingerprint density at radius 3 is 2.16 bits per heavy atom. The van der Waals surface area contributed by atoms with Crippen LogP contribution in [0, 0.1) is 0 Å². The summed E-state index contributed by atoms with van der Waals surface area (Å²) in [5.41, 5.74) is 1.46. The van der Waals surface area contributed by atoms with Gasteiger partial charge in [-0.1, -0.05) is 0 Å². The van der Waals surface area contributed by atoms with Crippen LogP contribution < -0.4 is 10.6 Å². The van der Waals surface area contributed by atoms with Crippen LogP contribution in [0.3, 0.4) is 0 Å². The highest BCUT2D eigenvalue weighted by Gasteiger charge is 2.41.